The number of rotatable bonds is 12. The largest absolute Gasteiger partial charge is 0.395 e. The summed E-state index contributed by atoms with van der Waals surface area (Å²) in [5.74, 6) is -2.80. The summed E-state index contributed by atoms with van der Waals surface area (Å²) in [6, 6.07) is 0.0544. The van der Waals surface area contributed by atoms with Crippen LogP contribution in [0.3, 0.4) is 0 Å². The molecule has 1 heterocycles. The number of β-amino-alcohol motifs (C(OH)–C–C–N with tert-alkyl or cyclic N) is 1. The summed E-state index contributed by atoms with van der Waals surface area (Å²) in [5.41, 5.74) is 0. The van der Waals surface area contributed by atoms with Crippen LogP contribution in [-0.2, 0) is 4.74 Å². The van der Waals surface area contributed by atoms with Gasteiger partial charge in [0.2, 0.25) is 0 Å². The van der Waals surface area contributed by atoms with Gasteiger partial charge < -0.3 is 20.1 Å². The van der Waals surface area contributed by atoms with E-state index in [9.17, 15) is 8.78 Å². The number of ether oxygens (including phenoxy) is 1. The molecule has 1 saturated heterocycles. The molecule has 2 N–H and O–H groups in total. The molecule has 1 aliphatic rings. The molecule has 0 saturated carbocycles. The van der Waals surface area contributed by atoms with Gasteiger partial charge in [-0.15, -0.1) is 0 Å². The molecule has 1 fully saturated rings. The van der Waals surface area contributed by atoms with Crippen molar-refractivity contribution in [3.05, 3.63) is 0 Å². The minimum absolute atomic E-state index is 0.0544. The van der Waals surface area contributed by atoms with Crippen LogP contribution in [0.25, 0.3) is 0 Å². The van der Waals surface area contributed by atoms with E-state index in [1.54, 1.807) is 0 Å². The first-order chi connectivity index (χ1) is 10.9. The van der Waals surface area contributed by atoms with Crippen LogP contribution in [0.5, 0.6) is 0 Å². The highest BCUT2D eigenvalue weighted by molar-refractivity contribution is 4.72. The van der Waals surface area contributed by atoms with Crippen LogP contribution < -0.4 is 5.32 Å². The van der Waals surface area contributed by atoms with Crippen molar-refractivity contribution in [1.29, 1.82) is 0 Å². The lowest BCUT2D eigenvalue weighted by atomic mass is 10.2. The van der Waals surface area contributed by atoms with E-state index >= 15 is 0 Å². The molecule has 0 atom stereocenters. The third kappa shape index (κ3) is 10.2. The third-order valence-corrected chi connectivity index (χ3v) is 3.98. The maximum absolute atomic E-state index is 13.5. The molecule has 0 aromatic carbocycles. The molecule has 7 heteroatoms. The fraction of sp³-hybridized carbons (Fsp3) is 1.00. The van der Waals surface area contributed by atoms with Gasteiger partial charge in [0.25, 0.3) is 5.92 Å². The first kappa shape index (κ1) is 20.7. The summed E-state index contributed by atoms with van der Waals surface area (Å²) in [6.07, 6.45) is 1.78. The second kappa shape index (κ2) is 11.3. The number of alkyl halides is 2. The Bertz CT molecular complexity index is 299. The van der Waals surface area contributed by atoms with Crippen LogP contribution in [0, 0.1) is 0 Å². The van der Waals surface area contributed by atoms with Gasteiger partial charge in [0.05, 0.1) is 13.2 Å². The van der Waals surface area contributed by atoms with Crippen LogP contribution in [-0.4, -0.2) is 92.5 Å². The van der Waals surface area contributed by atoms with E-state index in [0.717, 1.165) is 52.1 Å². The smallest absolute Gasteiger partial charge is 0.283 e. The van der Waals surface area contributed by atoms with Crippen molar-refractivity contribution in [2.24, 2.45) is 0 Å². The Hall–Kier alpha value is -0.340. The predicted octanol–water partition coefficient (Wildman–Crippen LogP) is 1.03. The van der Waals surface area contributed by atoms with Crippen molar-refractivity contribution in [3.63, 3.8) is 0 Å². The van der Waals surface area contributed by atoms with Gasteiger partial charge in [-0.1, -0.05) is 13.8 Å². The van der Waals surface area contributed by atoms with Gasteiger partial charge in [0.15, 0.2) is 0 Å². The molecular formula is C16H33F2N3O2. The number of nitrogens with zero attached hydrogens (tertiary/aromatic N) is 2. The van der Waals surface area contributed by atoms with E-state index in [1.807, 2.05) is 13.8 Å². The average molecular weight is 337 g/mol. The second-order valence-electron chi connectivity index (χ2n) is 6.56. The zero-order chi connectivity index (χ0) is 17.1. The molecule has 1 rings (SSSR count). The standard InChI is InChI=1S/C16H33F2N3O2/c1-15(2)19-13-16(17,18)14-23-12-4-3-5-20-6-8-21(9-7-20)10-11-22/h15,19,22H,3-14H2,1-2H3. The van der Waals surface area contributed by atoms with Gasteiger partial charge in [-0.2, -0.15) is 0 Å². The molecule has 23 heavy (non-hydrogen) atoms. The summed E-state index contributed by atoms with van der Waals surface area (Å²) in [5, 5.41) is 11.6. The van der Waals surface area contributed by atoms with E-state index in [4.69, 9.17) is 9.84 Å². The molecule has 0 unspecified atom stereocenters. The van der Waals surface area contributed by atoms with E-state index in [2.05, 4.69) is 15.1 Å². The molecule has 0 aliphatic carbocycles. The molecule has 138 valence electrons. The minimum atomic E-state index is -2.80. The highest BCUT2D eigenvalue weighted by atomic mass is 19.3. The van der Waals surface area contributed by atoms with Crippen LogP contribution in [0.15, 0.2) is 0 Å². The van der Waals surface area contributed by atoms with Crippen molar-refractivity contribution in [2.75, 3.05) is 65.6 Å². The van der Waals surface area contributed by atoms with Crippen molar-refractivity contribution in [3.8, 4) is 0 Å². The maximum Gasteiger partial charge on any atom is 0.283 e. The number of aliphatic hydroxyl groups excluding tert-OH is 1. The van der Waals surface area contributed by atoms with Gasteiger partial charge >= 0.3 is 0 Å². The van der Waals surface area contributed by atoms with Crippen LogP contribution in [0.4, 0.5) is 8.78 Å². The third-order valence-electron chi connectivity index (χ3n) is 3.98. The van der Waals surface area contributed by atoms with Crippen molar-refractivity contribution < 1.29 is 18.6 Å². The average Bonchev–Trinajstić information content (AvgIpc) is 2.51. The Morgan fingerprint density at radius 2 is 1.70 bits per heavy atom. The summed E-state index contributed by atoms with van der Waals surface area (Å²) < 4.78 is 32.1. The fourth-order valence-electron chi connectivity index (χ4n) is 2.54. The van der Waals surface area contributed by atoms with Crippen molar-refractivity contribution in [2.45, 2.75) is 38.7 Å². The Balaban J connectivity index is 1.97. The summed E-state index contributed by atoms with van der Waals surface area (Å²) >= 11 is 0. The summed E-state index contributed by atoms with van der Waals surface area (Å²) in [4.78, 5) is 4.64. The fourth-order valence-corrected chi connectivity index (χ4v) is 2.54. The maximum atomic E-state index is 13.5. The number of hydrogen-bond donors (Lipinski definition) is 2. The Morgan fingerprint density at radius 3 is 2.26 bits per heavy atom. The van der Waals surface area contributed by atoms with Gasteiger partial charge in [-0.3, -0.25) is 4.90 Å². The molecular weight excluding hydrogens is 304 g/mol. The van der Waals surface area contributed by atoms with Crippen LogP contribution >= 0.6 is 0 Å². The molecule has 5 nitrogen and oxygen atoms in total. The van der Waals surface area contributed by atoms with Crippen LogP contribution in [0.1, 0.15) is 26.7 Å². The van der Waals surface area contributed by atoms with Gasteiger partial charge in [-0.25, -0.2) is 8.78 Å². The first-order valence-electron chi connectivity index (χ1n) is 8.67. The van der Waals surface area contributed by atoms with Crippen LogP contribution in [0.2, 0.25) is 0 Å². The molecule has 0 aromatic rings. The van der Waals surface area contributed by atoms with E-state index < -0.39 is 12.5 Å². The summed E-state index contributed by atoms with van der Waals surface area (Å²) in [6.45, 7) is 9.22. The van der Waals surface area contributed by atoms with Crippen molar-refractivity contribution >= 4 is 0 Å². The molecule has 0 radical (unpaired) electrons. The number of piperazine rings is 1. The topological polar surface area (TPSA) is 48.0 Å². The lowest BCUT2D eigenvalue weighted by molar-refractivity contribution is -0.0761. The zero-order valence-electron chi connectivity index (χ0n) is 14.6. The zero-order valence-corrected chi connectivity index (χ0v) is 14.6. The first-order valence-corrected chi connectivity index (χ1v) is 8.67. The van der Waals surface area contributed by atoms with Crippen molar-refractivity contribution in [1.82, 2.24) is 15.1 Å². The van der Waals surface area contributed by atoms with E-state index in [-0.39, 0.29) is 19.2 Å². The highest BCUT2D eigenvalue weighted by Crippen LogP contribution is 2.13. The monoisotopic (exact) mass is 337 g/mol. The summed E-state index contributed by atoms with van der Waals surface area (Å²) in [7, 11) is 0. The second-order valence-corrected chi connectivity index (χ2v) is 6.56. The Kier molecular flexibility index (Phi) is 10.1. The normalized spacial score (nSPS) is 18.0. The van der Waals surface area contributed by atoms with E-state index in [1.165, 1.54) is 0 Å². The quantitative estimate of drug-likeness (QED) is 0.521. The SMILES string of the molecule is CC(C)NCC(F)(F)COCCCCN1CCN(CCO)CC1. The van der Waals surface area contributed by atoms with E-state index in [0.29, 0.717) is 6.61 Å². The Morgan fingerprint density at radius 1 is 1.09 bits per heavy atom. The Labute approximate surface area is 139 Å². The number of unbranched alkanes of at least 4 members (excludes halogenated alkanes) is 1. The number of aliphatic hydroxyl groups is 1. The highest BCUT2D eigenvalue weighted by Gasteiger charge is 2.28. The lowest BCUT2D eigenvalue weighted by Crippen LogP contribution is -2.47. The number of nitrogens with one attached hydrogen (secondary N) is 1. The van der Waals surface area contributed by atoms with Gasteiger partial charge in [0.1, 0.15) is 6.61 Å². The molecule has 1 aliphatic heterocycles. The molecule has 0 aromatic heterocycles. The molecule has 0 amide bonds. The predicted molar refractivity (Wildman–Crippen MR) is 88.1 cm³/mol. The van der Waals surface area contributed by atoms with Gasteiger partial charge in [0, 0.05) is 45.4 Å². The minimum Gasteiger partial charge on any atom is -0.395 e. The lowest BCUT2D eigenvalue weighted by Gasteiger charge is -2.34. The molecule has 0 bridgehead atoms. The number of halogens is 2. The molecule has 0 spiro atoms. The number of hydrogen-bond acceptors (Lipinski definition) is 5. The van der Waals surface area contributed by atoms with Gasteiger partial charge in [-0.05, 0) is 19.4 Å².